The Kier molecular flexibility index (Phi) is 4.43. The van der Waals surface area contributed by atoms with Crippen molar-refractivity contribution in [1.82, 2.24) is 15.0 Å². The molecule has 128 valence electrons. The number of ether oxygens (including phenoxy) is 2. The first-order chi connectivity index (χ1) is 12.3. The van der Waals surface area contributed by atoms with E-state index in [4.69, 9.17) is 9.47 Å². The third-order valence-electron chi connectivity index (χ3n) is 4.19. The van der Waals surface area contributed by atoms with E-state index >= 15 is 0 Å². The van der Waals surface area contributed by atoms with Gasteiger partial charge in [0.1, 0.15) is 24.5 Å². The molecule has 0 bridgehead atoms. The maximum Gasteiger partial charge on any atom is 0.164 e. The number of anilines is 2. The summed E-state index contributed by atoms with van der Waals surface area (Å²) >= 11 is 0. The first-order valence-electron chi connectivity index (χ1n) is 8.48. The lowest BCUT2D eigenvalue weighted by molar-refractivity contribution is 0.0680. The van der Waals surface area contributed by atoms with Crippen molar-refractivity contribution in [3.63, 3.8) is 0 Å². The Morgan fingerprint density at radius 3 is 3.08 bits per heavy atom. The molecule has 1 atom stereocenters. The summed E-state index contributed by atoms with van der Waals surface area (Å²) in [7, 11) is 0. The van der Waals surface area contributed by atoms with E-state index < -0.39 is 0 Å². The molecule has 1 unspecified atom stereocenters. The highest BCUT2D eigenvalue weighted by atomic mass is 16.5. The Bertz CT molecular complexity index is 878. The van der Waals surface area contributed by atoms with Gasteiger partial charge in [0.15, 0.2) is 5.65 Å². The maximum absolute atomic E-state index is 5.86. The van der Waals surface area contributed by atoms with Crippen LogP contribution in [0.3, 0.4) is 0 Å². The van der Waals surface area contributed by atoms with Gasteiger partial charge < -0.3 is 14.8 Å². The average Bonchev–Trinajstić information content (AvgIpc) is 3.14. The van der Waals surface area contributed by atoms with Crippen molar-refractivity contribution in [2.75, 3.05) is 18.5 Å². The van der Waals surface area contributed by atoms with Crippen LogP contribution in [0.1, 0.15) is 18.5 Å². The molecule has 1 aliphatic rings. The van der Waals surface area contributed by atoms with E-state index in [1.165, 1.54) is 6.33 Å². The molecule has 6 nitrogen and oxygen atoms in total. The van der Waals surface area contributed by atoms with Crippen molar-refractivity contribution < 1.29 is 9.47 Å². The molecule has 1 saturated heterocycles. The number of hydrogen-bond donors (Lipinski definition) is 1. The molecular weight excluding hydrogens is 316 g/mol. The molecule has 3 heterocycles. The minimum absolute atomic E-state index is 0.205. The van der Waals surface area contributed by atoms with Gasteiger partial charge in [-0.25, -0.2) is 15.0 Å². The molecule has 0 spiro atoms. The van der Waals surface area contributed by atoms with Crippen LogP contribution in [0.25, 0.3) is 11.0 Å². The molecule has 6 heteroatoms. The van der Waals surface area contributed by atoms with Crippen molar-refractivity contribution >= 4 is 22.5 Å². The molecule has 0 radical (unpaired) electrons. The van der Waals surface area contributed by atoms with Crippen LogP contribution in [0.2, 0.25) is 0 Å². The number of pyridine rings is 1. The number of nitrogens with one attached hydrogen (secondary N) is 1. The highest BCUT2D eigenvalue weighted by Gasteiger charge is 2.16. The van der Waals surface area contributed by atoms with Crippen LogP contribution in [0.5, 0.6) is 5.75 Å². The number of benzene rings is 1. The lowest BCUT2D eigenvalue weighted by Gasteiger charge is -2.13. The predicted octanol–water partition coefficient (Wildman–Crippen LogP) is 3.63. The second kappa shape index (κ2) is 7.03. The van der Waals surface area contributed by atoms with Crippen LogP contribution >= 0.6 is 0 Å². The zero-order valence-electron chi connectivity index (χ0n) is 14.1. The van der Waals surface area contributed by atoms with Gasteiger partial charge in [0.25, 0.3) is 0 Å². The molecule has 1 aliphatic heterocycles. The summed E-state index contributed by atoms with van der Waals surface area (Å²) in [6.45, 7) is 3.37. The van der Waals surface area contributed by atoms with Gasteiger partial charge in [-0.05, 0) is 44.0 Å². The zero-order valence-corrected chi connectivity index (χ0v) is 14.1. The monoisotopic (exact) mass is 336 g/mol. The van der Waals surface area contributed by atoms with Gasteiger partial charge in [0.2, 0.25) is 0 Å². The SMILES string of the molecule is Cc1ccc2c(Nc3cccc(OCC4CCCO4)c3)ncnc2n1. The first kappa shape index (κ1) is 15.8. The van der Waals surface area contributed by atoms with E-state index in [0.29, 0.717) is 12.3 Å². The summed E-state index contributed by atoms with van der Waals surface area (Å²) in [6, 6.07) is 11.8. The molecule has 0 aliphatic carbocycles. The Morgan fingerprint density at radius 2 is 2.20 bits per heavy atom. The molecule has 0 amide bonds. The maximum atomic E-state index is 5.86. The van der Waals surface area contributed by atoms with E-state index in [0.717, 1.165) is 47.8 Å². The van der Waals surface area contributed by atoms with Gasteiger partial charge in [-0.15, -0.1) is 0 Å². The van der Waals surface area contributed by atoms with Crippen LogP contribution in [0.15, 0.2) is 42.7 Å². The highest BCUT2D eigenvalue weighted by Crippen LogP contribution is 2.25. The summed E-state index contributed by atoms with van der Waals surface area (Å²) in [5, 5.41) is 4.22. The van der Waals surface area contributed by atoms with Crippen molar-refractivity contribution in [1.29, 1.82) is 0 Å². The standard InChI is InChI=1S/C19H20N4O2/c1-13-7-8-17-18(22-13)20-12-21-19(17)23-14-4-2-5-15(10-14)25-11-16-6-3-9-24-16/h2,4-5,7-8,10,12,16H,3,6,9,11H2,1H3,(H,20,21,22,23). The van der Waals surface area contributed by atoms with Crippen molar-refractivity contribution in [3.05, 3.63) is 48.4 Å². The summed E-state index contributed by atoms with van der Waals surface area (Å²) in [5.41, 5.74) is 2.52. The van der Waals surface area contributed by atoms with E-state index in [9.17, 15) is 0 Å². The Labute approximate surface area is 146 Å². The fourth-order valence-electron chi connectivity index (χ4n) is 2.90. The number of fused-ring (bicyclic) bond motifs is 1. The molecular formula is C19H20N4O2. The third-order valence-corrected chi connectivity index (χ3v) is 4.19. The molecule has 0 saturated carbocycles. The molecule has 2 aromatic heterocycles. The fraction of sp³-hybridized carbons (Fsp3) is 0.316. The molecule has 1 fully saturated rings. The van der Waals surface area contributed by atoms with Gasteiger partial charge in [0.05, 0.1) is 11.5 Å². The topological polar surface area (TPSA) is 69.2 Å². The molecule has 3 aromatic rings. The Morgan fingerprint density at radius 1 is 1.24 bits per heavy atom. The summed E-state index contributed by atoms with van der Waals surface area (Å²) < 4.78 is 11.5. The normalized spacial score (nSPS) is 16.9. The Balaban J connectivity index is 1.52. The van der Waals surface area contributed by atoms with Crippen LogP contribution in [0.4, 0.5) is 11.5 Å². The smallest absolute Gasteiger partial charge is 0.164 e. The van der Waals surface area contributed by atoms with Gasteiger partial charge in [-0.3, -0.25) is 0 Å². The van der Waals surface area contributed by atoms with Crippen LogP contribution < -0.4 is 10.1 Å². The summed E-state index contributed by atoms with van der Waals surface area (Å²) in [5.74, 6) is 1.54. The third kappa shape index (κ3) is 3.69. The number of hydrogen-bond acceptors (Lipinski definition) is 6. The Hall–Kier alpha value is -2.73. The van der Waals surface area contributed by atoms with Crippen LogP contribution in [0, 0.1) is 6.92 Å². The lowest BCUT2D eigenvalue weighted by Crippen LogP contribution is -2.16. The molecule has 1 aromatic carbocycles. The molecule has 1 N–H and O–H groups in total. The van der Waals surface area contributed by atoms with Gasteiger partial charge in [-0.1, -0.05) is 6.07 Å². The minimum atomic E-state index is 0.205. The lowest BCUT2D eigenvalue weighted by atomic mass is 10.2. The zero-order chi connectivity index (χ0) is 17.1. The molecule has 4 rings (SSSR count). The van der Waals surface area contributed by atoms with Gasteiger partial charge in [-0.2, -0.15) is 0 Å². The van der Waals surface area contributed by atoms with Gasteiger partial charge >= 0.3 is 0 Å². The van der Waals surface area contributed by atoms with E-state index in [1.54, 1.807) is 0 Å². The van der Waals surface area contributed by atoms with Crippen molar-refractivity contribution in [2.24, 2.45) is 0 Å². The number of rotatable bonds is 5. The number of aryl methyl sites for hydroxylation is 1. The highest BCUT2D eigenvalue weighted by molar-refractivity contribution is 5.88. The van der Waals surface area contributed by atoms with E-state index in [-0.39, 0.29) is 6.10 Å². The van der Waals surface area contributed by atoms with Crippen molar-refractivity contribution in [3.8, 4) is 5.75 Å². The minimum Gasteiger partial charge on any atom is -0.491 e. The quantitative estimate of drug-likeness (QED) is 0.767. The second-order valence-corrected chi connectivity index (χ2v) is 6.14. The first-order valence-corrected chi connectivity index (χ1v) is 8.48. The summed E-state index contributed by atoms with van der Waals surface area (Å²) in [6.07, 6.45) is 3.91. The average molecular weight is 336 g/mol. The molecule has 25 heavy (non-hydrogen) atoms. The van der Waals surface area contributed by atoms with Crippen LogP contribution in [-0.2, 0) is 4.74 Å². The predicted molar refractivity (Wildman–Crippen MR) is 96.3 cm³/mol. The number of nitrogens with zero attached hydrogens (tertiary/aromatic N) is 3. The van der Waals surface area contributed by atoms with Crippen molar-refractivity contribution in [2.45, 2.75) is 25.9 Å². The number of aromatic nitrogens is 3. The van der Waals surface area contributed by atoms with Crippen LogP contribution in [-0.4, -0.2) is 34.3 Å². The largest absolute Gasteiger partial charge is 0.491 e. The van der Waals surface area contributed by atoms with Gasteiger partial charge in [0, 0.05) is 24.1 Å². The van der Waals surface area contributed by atoms with E-state index in [2.05, 4.69) is 20.3 Å². The summed E-state index contributed by atoms with van der Waals surface area (Å²) in [4.78, 5) is 13.0. The fourth-order valence-corrected chi connectivity index (χ4v) is 2.90. The van der Waals surface area contributed by atoms with E-state index in [1.807, 2.05) is 43.3 Å². The second-order valence-electron chi connectivity index (χ2n) is 6.14.